The highest BCUT2D eigenvalue weighted by molar-refractivity contribution is 5.98. The van der Waals surface area contributed by atoms with Gasteiger partial charge in [0.05, 0.1) is 12.2 Å². The van der Waals surface area contributed by atoms with Crippen molar-refractivity contribution in [3.63, 3.8) is 0 Å². The molecule has 0 bridgehead atoms. The summed E-state index contributed by atoms with van der Waals surface area (Å²) in [5, 5.41) is 2.12. The Balaban J connectivity index is 1.56. The van der Waals surface area contributed by atoms with Gasteiger partial charge in [-0.2, -0.15) is 0 Å². The molecule has 3 rings (SSSR count). The number of ether oxygens (including phenoxy) is 2. The zero-order valence-electron chi connectivity index (χ0n) is 17.2. The molecule has 6 heteroatoms. The molecule has 3 aromatic carbocycles. The monoisotopic (exact) mass is 406 g/mol. The highest BCUT2D eigenvalue weighted by Gasteiger charge is 2.17. The molecule has 0 radical (unpaired) electrons. The van der Waals surface area contributed by atoms with E-state index in [1.807, 2.05) is 42.5 Å². The van der Waals surface area contributed by atoms with E-state index in [0.717, 1.165) is 23.6 Å². The Kier molecular flexibility index (Phi) is 7.27. The second kappa shape index (κ2) is 10.3. The summed E-state index contributed by atoms with van der Waals surface area (Å²) in [6.07, 6.45) is 1.11. The second-order valence-electron chi connectivity index (χ2n) is 6.91. The van der Waals surface area contributed by atoms with Crippen molar-refractivity contribution in [2.45, 2.75) is 32.8 Å². The zero-order valence-corrected chi connectivity index (χ0v) is 17.2. The summed E-state index contributed by atoms with van der Waals surface area (Å²) < 4.78 is 11.4. The zero-order chi connectivity index (χ0) is 21.3. The highest BCUT2D eigenvalue weighted by atomic mass is 16.5. The van der Waals surface area contributed by atoms with Crippen LogP contribution in [0.15, 0.2) is 66.7 Å². The van der Waals surface area contributed by atoms with E-state index in [9.17, 15) is 9.59 Å². The summed E-state index contributed by atoms with van der Waals surface area (Å²) in [6, 6.07) is 20.5. The number of hydrazine groups is 1. The lowest BCUT2D eigenvalue weighted by molar-refractivity contribution is -0.128. The molecule has 0 heterocycles. The maximum Gasteiger partial charge on any atom is 0.279 e. The van der Waals surface area contributed by atoms with E-state index in [2.05, 4.69) is 17.8 Å². The van der Waals surface area contributed by atoms with Crippen molar-refractivity contribution < 1.29 is 19.1 Å². The van der Waals surface area contributed by atoms with Gasteiger partial charge in [-0.05, 0) is 48.4 Å². The minimum atomic E-state index is -0.789. The normalized spacial score (nSPS) is 11.5. The topological polar surface area (TPSA) is 76.7 Å². The van der Waals surface area contributed by atoms with Crippen LogP contribution < -0.4 is 20.3 Å². The largest absolute Gasteiger partial charge is 0.493 e. The van der Waals surface area contributed by atoms with Crippen LogP contribution in [0.25, 0.3) is 10.8 Å². The first-order valence-corrected chi connectivity index (χ1v) is 10.1. The molecule has 6 nitrogen and oxygen atoms in total. The van der Waals surface area contributed by atoms with Crippen molar-refractivity contribution >= 4 is 22.6 Å². The first kappa shape index (κ1) is 21.2. The maximum absolute atomic E-state index is 12.5. The molecular weight excluding hydrogens is 380 g/mol. The fourth-order valence-electron chi connectivity index (χ4n) is 2.89. The molecule has 2 amide bonds. The van der Waals surface area contributed by atoms with Crippen LogP contribution in [0.4, 0.5) is 0 Å². The fourth-order valence-corrected chi connectivity index (χ4v) is 2.89. The van der Waals surface area contributed by atoms with Crippen LogP contribution in [0.1, 0.15) is 37.0 Å². The lowest BCUT2D eigenvalue weighted by atomic mass is 10.1. The quantitative estimate of drug-likeness (QED) is 0.433. The number of unbranched alkanes of at least 4 members (excludes halogenated alkanes) is 1. The highest BCUT2D eigenvalue weighted by Crippen LogP contribution is 2.21. The molecule has 1 atom stereocenters. The Morgan fingerprint density at radius 2 is 1.67 bits per heavy atom. The third-order valence-electron chi connectivity index (χ3n) is 4.59. The van der Waals surface area contributed by atoms with Gasteiger partial charge in [0.2, 0.25) is 0 Å². The number of hydrogen-bond donors (Lipinski definition) is 2. The number of benzene rings is 3. The van der Waals surface area contributed by atoms with Crippen LogP contribution in [0, 0.1) is 0 Å². The number of para-hydroxylation sites is 1. The summed E-state index contributed by atoms with van der Waals surface area (Å²) >= 11 is 0. The molecule has 0 fully saturated rings. The number of fused-ring (bicyclic) bond motifs is 1. The van der Waals surface area contributed by atoms with Gasteiger partial charge in [-0.15, -0.1) is 0 Å². The third kappa shape index (κ3) is 5.50. The lowest BCUT2D eigenvalue weighted by Crippen LogP contribution is -2.47. The number of rotatable bonds is 8. The SMILES string of the molecule is CCCCOc1ccccc1C(=O)NNC(=O)[C@H](C)Oc1ccc2ccccc2c1. The van der Waals surface area contributed by atoms with Crippen molar-refractivity contribution in [2.24, 2.45) is 0 Å². The first-order valence-electron chi connectivity index (χ1n) is 10.1. The number of nitrogens with one attached hydrogen (secondary N) is 2. The Morgan fingerprint density at radius 3 is 2.47 bits per heavy atom. The van der Waals surface area contributed by atoms with Gasteiger partial charge in [0, 0.05) is 0 Å². The smallest absolute Gasteiger partial charge is 0.279 e. The van der Waals surface area contributed by atoms with Gasteiger partial charge in [0.25, 0.3) is 11.8 Å². The van der Waals surface area contributed by atoms with Crippen LogP contribution in [0.2, 0.25) is 0 Å². The Morgan fingerprint density at radius 1 is 0.933 bits per heavy atom. The number of hydrogen-bond acceptors (Lipinski definition) is 4. The summed E-state index contributed by atoms with van der Waals surface area (Å²) in [7, 11) is 0. The summed E-state index contributed by atoms with van der Waals surface area (Å²) in [5.74, 6) is 0.157. The van der Waals surface area contributed by atoms with Gasteiger partial charge in [-0.3, -0.25) is 20.4 Å². The minimum Gasteiger partial charge on any atom is -0.493 e. The lowest BCUT2D eigenvalue weighted by Gasteiger charge is -2.16. The van der Waals surface area contributed by atoms with Crippen LogP contribution in [0.3, 0.4) is 0 Å². The molecular formula is C24H26N2O4. The molecule has 0 aromatic heterocycles. The van der Waals surface area contributed by atoms with Gasteiger partial charge >= 0.3 is 0 Å². The predicted molar refractivity (Wildman–Crippen MR) is 116 cm³/mol. The summed E-state index contributed by atoms with van der Waals surface area (Å²) in [6.45, 7) is 4.22. The van der Waals surface area contributed by atoms with Crippen LogP contribution in [-0.4, -0.2) is 24.5 Å². The minimum absolute atomic E-state index is 0.358. The molecule has 0 saturated carbocycles. The molecule has 0 aliphatic carbocycles. The summed E-state index contributed by atoms with van der Waals surface area (Å²) in [4.78, 5) is 24.8. The molecule has 0 unspecified atom stereocenters. The molecule has 0 aliphatic heterocycles. The standard InChI is InChI=1S/C24H26N2O4/c1-3-4-15-29-22-12-8-7-11-21(22)24(28)26-25-23(27)17(2)30-20-14-13-18-9-5-6-10-19(18)16-20/h5-14,16-17H,3-4,15H2,1-2H3,(H,25,27)(H,26,28)/t17-/m0/s1. The Bertz CT molecular complexity index is 1020. The fraction of sp³-hybridized carbons (Fsp3) is 0.250. The van der Waals surface area contributed by atoms with Crippen molar-refractivity contribution in [1.29, 1.82) is 0 Å². The number of carbonyl (C=O) groups is 2. The average Bonchev–Trinajstić information content (AvgIpc) is 2.77. The van der Waals surface area contributed by atoms with E-state index in [1.165, 1.54) is 0 Å². The molecule has 2 N–H and O–H groups in total. The molecule has 0 saturated heterocycles. The van der Waals surface area contributed by atoms with E-state index in [4.69, 9.17) is 9.47 Å². The van der Waals surface area contributed by atoms with Crippen molar-refractivity contribution in [3.8, 4) is 11.5 Å². The van der Waals surface area contributed by atoms with E-state index in [1.54, 1.807) is 31.2 Å². The number of carbonyl (C=O) groups excluding carboxylic acids is 2. The van der Waals surface area contributed by atoms with Gasteiger partial charge in [-0.25, -0.2) is 0 Å². The first-order chi connectivity index (χ1) is 14.6. The van der Waals surface area contributed by atoms with E-state index in [0.29, 0.717) is 23.7 Å². The number of amides is 2. The van der Waals surface area contributed by atoms with E-state index < -0.39 is 17.9 Å². The van der Waals surface area contributed by atoms with E-state index >= 15 is 0 Å². The third-order valence-corrected chi connectivity index (χ3v) is 4.59. The molecule has 3 aromatic rings. The van der Waals surface area contributed by atoms with Crippen molar-refractivity contribution in [1.82, 2.24) is 10.9 Å². The second-order valence-corrected chi connectivity index (χ2v) is 6.91. The average molecular weight is 406 g/mol. The molecule has 0 aliphatic rings. The molecule has 30 heavy (non-hydrogen) atoms. The van der Waals surface area contributed by atoms with Crippen LogP contribution in [0.5, 0.6) is 11.5 Å². The van der Waals surface area contributed by atoms with Gasteiger partial charge in [0.15, 0.2) is 6.10 Å². The predicted octanol–water partition coefficient (Wildman–Crippen LogP) is 4.25. The maximum atomic E-state index is 12.5. The van der Waals surface area contributed by atoms with Crippen LogP contribution >= 0.6 is 0 Å². The Hall–Kier alpha value is -3.54. The molecule has 0 spiro atoms. The van der Waals surface area contributed by atoms with Gasteiger partial charge in [-0.1, -0.05) is 55.8 Å². The Labute approximate surface area is 176 Å². The molecule has 156 valence electrons. The summed E-state index contributed by atoms with van der Waals surface area (Å²) in [5.41, 5.74) is 5.20. The van der Waals surface area contributed by atoms with Gasteiger partial charge < -0.3 is 9.47 Å². The van der Waals surface area contributed by atoms with Crippen molar-refractivity contribution in [2.75, 3.05) is 6.61 Å². The van der Waals surface area contributed by atoms with Gasteiger partial charge in [0.1, 0.15) is 11.5 Å². The van der Waals surface area contributed by atoms with E-state index in [-0.39, 0.29) is 0 Å². The van der Waals surface area contributed by atoms with Crippen molar-refractivity contribution in [3.05, 3.63) is 72.3 Å². The van der Waals surface area contributed by atoms with Crippen LogP contribution in [-0.2, 0) is 4.79 Å².